The van der Waals surface area contributed by atoms with Crippen LogP contribution in [-0.2, 0) is 11.2 Å². The summed E-state index contributed by atoms with van der Waals surface area (Å²) in [6, 6.07) is 11.6. The van der Waals surface area contributed by atoms with Gasteiger partial charge in [0.05, 0.1) is 7.11 Å². The van der Waals surface area contributed by atoms with Crippen LogP contribution >= 0.6 is 0 Å². The first-order valence-corrected chi connectivity index (χ1v) is 8.69. The molecule has 3 nitrogen and oxygen atoms in total. The molecule has 0 aliphatic heterocycles. The SMILES string of the molecule is COc1ccccc1CC(C)(C)NC(=O)C1CC1c1ccc(F)c(F)c1. The van der Waals surface area contributed by atoms with Gasteiger partial charge in [-0.15, -0.1) is 0 Å². The second-order valence-corrected chi connectivity index (χ2v) is 7.48. The Morgan fingerprint density at radius 2 is 1.92 bits per heavy atom. The number of carbonyl (C=O) groups is 1. The van der Waals surface area contributed by atoms with Crippen molar-refractivity contribution in [2.75, 3.05) is 7.11 Å². The number of rotatable bonds is 6. The minimum absolute atomic E-state index is 0.0489. The van der Waals surface area contributed by atoms with E-state index in [-0.39, 0.29) is 17.7 Å². The molecule has 1 fully saturated rings. The number of halogens is 2. The third-order valence-corrected chi connectivity index (χ3v) is 4.79. The molecule has 0 heterocycles. The van der Waals surface area contributed by atoms with E-state index in [1.54, 1.807) is 13.2 Å². The van der Waals surface area contributed by atoms with E-state index >= 15 is 0 Å². The largest absolute Gasteiger partial charge is 0.496 e. The number of amides is 1. The van der Waals surface area contributed by atoms with E-state index in [1.165, 1.54) is 6.07 Å². The van der Waals surface area contributed by atoms with Crippen molar-refractivity contribution in [3.63, 3.8) is 0 Å². The van der Waals surface area contributed by atoms with Crippen LogP contribution in [0.25, 0.3) is 0 Å². The minimum atomic E-state index is -0.870. The molecule has 138 valence electrons. The van der Waals surface area contributed by atoms with E-state index in [1.807, 2.05) is 38.1 Å². The van der Waals surface area contributed by atoms with Crippen LogP contribution in [0.1, 0.15) is 37.3 Å². The zero-order valence-electron chi connectivity index (χ0n) is 15.2. The summed E-state index contributed by atoms with van der Waals surface area (Å²) in [6.45, 7) is 3.93. The van der Waals surface area contributed by atoms with Crippen LogP contribution < -0.4 is 10.1 Å². The van der Waals surface area contributed by atoms with Gasteiger partial charge in [0.25, 0.3) is 0 Å². The van der Waals surface area contributed by atoms with Gasteiger partial charge in [-0.05, 0) is 61.9 Å². The summed E-state index contributed by atoms with van der Waals surface area (Å²) >= 11 is 0. The Hall–Kier alpha value is -2.43. The lowest BCUT2D eigenvalue weighted by atomic mass is 9.94. The molecule has 0 spiro atoms. The molecular weight excluding hydrogens is 336 g/mol. The standard InChI is InChI=1S/C21H23F2NO2/c1-21(2,12-14-6-4-5-7-19(14)26-3)24-20(25)16-11-15(16)13-8-9-17(22)18(23)10-13/h4-10,15-16H,11-12H2,1-3H3,(H,24,25). The molecule has 1 aliphatic carbocycles. The topological polar surface area (TPSA) is 38.3 Å². The predicted molar refractivity (Wildman–Crippen MR) is 96.1 cm³/mol. The molecule has 2 atom stereocenters. The number of benzene rings is 2. The number of hydrogen-bond donors (Lipinski definition) is 1. The minimum Gasteiger partial charge on any atom is -0.496 e. The molecule has 1 saturated carbocycles. The first-order chi connectivity index (χ1) is 12.3. The van der Waals surface area contributed by atoms with E-state index in [2.05, 4.69) is 5.32 Å². The van der Waals surface area contributed by atoms with Crippen LogP contribution in [0.3, 0.4) is 0 Å². The molecule has 5 heteroatoms. The van der Waals surface area contributed by atoms with Crippen LogP contribution in [0.15, 0.2) is 42.5 Å². The van der Waals surface area contributed by atoms with Gasteiger partial charge in [0.1, 0.15) is 5.75 Å². The number of carbonyl (C=O) groups excluding carboxylic acids is 1. The van der Waals surface area contributed by atoms with Crippen LogP contribution in [0, 0.1) is 17.6 Å². The van der Waals surface area contributed by atoms with Crippen molar-refractivity contribution in [1.29, 1.82) is 0 Å². The van der Waals surface area contributed by atoms with Gasteiger partial charge in [0.15, 0.2) is 11.6 Å². The lowest BCUT2D eigenvalue weighted by Crippen LogP contribution is -2.46. The van der Waals surface area contributed by atoms with Crippen molar-refractivity contribution in [3.8, 4) is 5.75 Å². The molecule has 2 aromatic carbocycles. The number of nitrogens with one attached hydrogen (secondary N) is 1. The van der Waals surface area contributed by atoms with E-state index in [0.29, 0.717) is 18.4 Å². The highest BCUT2D eigenvalue weighted by Gasteiger charge is 2.45. The highest BCUT2D eigenvalue weighted by molar-refractivity contribution is 5.83. The Morgan fingerprint density at radius 3 is 2.62 bits per heavy atom. The Morgan fingerprint density at radius 1 is 1.19 bits per heavy atom. The number of para-hydroxylation sites is 1. The summed E-state index contributed by atoms with van der Waals surface area (Å²) in [5.41, 5.74) is 1.24. The lowest BCUT2D eigenvalue weighted by Gasteiger charge is -2.27. The van der Waals surface area contributed by atoms with Crippen LogP contribution in [0.5, 0.6) is 5.75 Å². The normalized spacial score (nSPS) is 19.1. The fourth-order valence-corrected chi connectivity index (χ4v) is 3.39. The van der Waals surface area contributed by atoms with Gasteiger partial charge in [0.2, 0.25) is 5.91 Å². The molecule has 0 bridgehead atoms. The maximum Gasteiger partial charge on any atom is 0.224 e. The molecule has 0 saturated heterocycles. The second-order valence-electron chi connectivity index (χ2n) is 7.48. The summed E-state index contributed by atoms with van der Waals surface area (Å²) in [7, 11) is 1.63. The Labute approximate surface area is 152 Å². The van der Waals surface area contributed by atoms with E-state index in [9.17, 15) is 13.6 Å². The summed E-state index contributed by atoms with van der Waals surface area (Å²) in [5, 5.41) is 3.08. The average Bonchev–Trinajstić information content (AvgIpc) is 3.38. The van der Waals surface area contributed by atoms with Gasteiger partial charge in [-0.3, -0.25) is 4.79 Å². The highest BCUT2D eigenvalue weighted by atomic mass is 19.2. The predicted octanol–water partition coefficient (Wildman–Crippen LogP) is 4.21. The van der Waals surface area contributed by atoms with Crippen molar-refractivity contribution in [3.05, 3.63) is 65.2 Å². The van der Waals surface area contributed by atoms with Crippen molar-refractivity contribution in [2.45, 2.75) is 38.1 Å². The zero-order valence-corrected chi connectivity index (χ0v) is 15.2. The average molecular weight is 359 g/mol. The van der Waals surface area contributed by atoms with Crippen LogP contribution in [0.2, 0.25) is 0 Å². The fraction of sp³-hybridized carbons (Fsp3) is 0.381. The van der Waals surface area contributed by atoms with E-state index < -0.39 is 17.2 Å². The number of methoxy groups -OCH3 is 1. The molecule has 1 N–H and O–H groups in total. The second kappa shape index (κ2) is 7.06. The molecule has 1 aliphatic rings. The first kappa shape index (κ1) is 18.4. The lowest BCUT2D eigenvalue weighted by molar-refractivity contribution is -0.124. The molecule has 2 aromatic rings. The quantitative estimate of drug-likeness (QED) is 0.839. The first-order valence-electron chi connectivity index (χ1n) is 8.69. The molecular formula is C21H23F2NO2. The Kier molecular flexibility index (Phi) is 4.99. The van der Waals surface area contributed by atoms with Gasteiger partial charge < -0.3 is 10.1 Å². The van der Waals surface area contributed by atoms with Crippen LogP contribution in [-0.4, -0.2) is 18.6 Å². The van der Waals surface area contributed by atoms with Crippen molar-refractivity contribution in [2.24, 2.45) is 5.92 Å². The van der Waals surface area contributed by atoms with Crippen molar-refractivity contribution >= 4 is 5.91 Å². The summed E-state index contributed by atoms with van der Waals surface area (Å²) in [5.74, 6) is -1.25. The summed E-state index contributed by atoms with van der Waals surface area (Å²) in [4.78, 5) is 12.6. The van der Waals surface area contributed by atoms with Gasteiger partial charge >= 0.3 is 0 Å². The van der Waals surface area contributed by atoms with Crippen molar-refractivity contribution in [1.82, 2.24) is 5.32 Å². The van der Waals surface area contributed by atoms with E-state index in [4.69, 9.17) is 4.74 Å². The number of hydrogen-bond acceptors (Lipinski definition) is 2. The van der Waals surface area contributed by atoms with E-state index in [0.717, 1.165) is 17.4 Å². The molecule has 1 amide bonds. The number of ether oxygens (including phenoxy) is 1. The Balaban J connectivity index is 1.63. The third kappa shape index (κ3) is 4.03. The van der Waals surface area contributed by atoms with Gasteiger partial charge in [-0.25, -0.2) is 8.78 Å². The fourth-order valence-electron chi connectivity index (χ4n) is 3.39. The third-order valence-electron chi connectivity index (χ3n) is 4.79. The maximum absolute atomic E-state index is 13.4. The van der Waals surface area contributed by atoms with Crippen LogP contribution in [0.4, 0.5) is 8.78 Å². The molecule has 2 unspecified atom stereocenters. The monoisotopic (exact) mass is 359 g/mol. The summed E-state index contributed by atoms with van der Waals surface area (Å²) < 4.78 is 31.8. The molecule has 26 heavy (non-hydrogen) atoms. The smallest absolute Gasteiger partial charge is 0.224 e. The molecule has 3 rings (SSSR count). The Bertz CT molecular complexity index is 819. The maximum atomic E-state index is 13.4. The van der Waals surface area contributed by atoms with Gasteiger partial charge in [-0.2, -0.15) is 0 Å². The van der Waals surface area contributed by atoms with Crippen molar-refractivity contribution < 1.29 is 18.3 Å². The molecule has 0 radical (unpaired) electrons. The highest BCUT2D eigenvalue weighted by Crippen LogP contribution is 2.48. The van der Waals surface area contributed by atoms with Gasteiger partial charge in [0, 0.05) is 11.5 Å². The molecule has 0 aromatic heterocycles. The summed E-state index contributed by atoms with van der Waals surface area (Å²) in [6.07, 6.45) is 1.28. The zero-order chi connectivity index (χ0) is 18.9. The van der Waals surface area contributed by atoms with Gasteiger partial charge in [-0.1, -0.05) is 24.3 Å².